The van der Waals surface area contributed by atoms with Crippen molar-refractivity contribution in [1.82, 2.24) is 0 Å². The van der Waals surface area contributed by atoms with Crippen LogP contribution in [0.3, 0.4) is 0 Å². The number of carbonyl (C=O) groups excluding carboxylic acids is 1. The molecule has 17 heavy (non-hydrogen) atoms. The van der Waals surface area contributed by atoms with Gasteiger partial charge in [0.2, 0.25) is 0 Å². The van der Waals surface area contributed by atoms with Gasteiger partial charge in [-0.3, -0.25) is 4.79 Å². The quantitative estimate of drug-likeness (QED) is 0.626. The van der Waals surface area contributed by atoms with E-state index in [1.54, 1.807) is 0 Å². The zero-order valence-electron chi connectivity index (χ0n) is 9.01. The summed E-state index contributed by atoms with van der Waals surface area (Å²) in [6.45, 7) is 0. The normalized spacial score (nSPS) is 9.88. The molecular formula is C12H9NO4. The summed E-state index contributed by atoms with van der Waals surface area (Å²) in [4.78, 5) is 21.2. The summed E-state index contributed by atoms with van der Waals surface area (Å²) >= 11 is 0. The molecule has 0 fully saturated rings. The lowest BCUT2D eigenvalue weighted by Crippen LogP contribution is -1.95. The molecule has 0 aliphatic rings. The Bertz CT molecular complexity index is 526. The van der Waals surface area contributed by atoms with E-state index < -0.39 is 5.97 Å². The van der Waals surface area contributed by atoms with Gasteiger partial charge in [-0.2, -0.15) is 5.26 Å². The molecule has 0 unspecified atom stereocenters. The van der Waals surface area contributed by atoms with Gasteiger partial charge in [-0.1, -0.05) is 0 Å². The van der Waals surface area contributed by atoms with Crippen molar-refractivity contribution in [3.05, 3.63) is 34.9 Å². The molecule has 0 amide bonds. The molecule has 5 nitrogen and oxygen atoms in total. The third-order valence-corrected chi connectivity index (χ3v) is 2.01. The van der Waals surface area contributed by atoms with E-state index in [9.17, 15) is 9.59 Å². The Morgan fingerprint density at radius 2 is 2.24 bits per heavy atom. The first-order valence-electron chi connectivity index (χ1n) is 4.60. The molecule has 1 N–H and O–H groups in total. The Morgan fingerprint density at radius 1 is 1.53 bits per heavy atom. The van der Waals surface area contributed by atoms with Crippen LogP contribution >= 0.6 is 0 Å². The van der Waals surface area contributed by atoms with E-state index in [4.69, 9.17) is 15.1 Å². The molecule has 0 heterocycles. The number of rotatable bonds is 4. The summed E-state index contributed by atoms with van der Waals surface area (Å²) in [6, 6.07) is 4.78. The summed E-state index contributed by atoms with van der Waals surface area (Å²) in [7, 11) is 1.36. The standard InChI is InChI=1S/C12H9NO4/c1-17-12-9(6-13)4-8(2-3-11(15)16)5-10(12)7-14/h2-5,7H,1H3,(H,15,16)/b3-2+. The van der Waals surface area contributed by atoms with Gasteiger partial charge in [-0.25, -0.2) is 4.79 Å². The first kappa shape index (κ1) is 12.5. The van der Waals surface area contributed by atoms with E-state index in [0.29, 0.717) is 11.8 Å². The van der Waals surface area contributed by atoms with Gasteiger partial charge in [-0.15, -0.1) is 0 Å². The van der Waals surface area contributed by atoms with E-state index in [1.165, 1.54) is 25.3 Å². The highest BCUT2D eigenvalue weighted by Gasteiger charge is 2.09. The van der Waals surface area contributed by atoms with Gasteiger partial charge in [0.15, 0.2) is 6.29 Å². The second-order valence-electron chi connectivity index (χ2n) is 3.09. The topological polar surface area (TPSA) is 87.4 Å². The largest absolute Gasteiger partial charge is 0.495 e. The maximum Gasteiger partial charge on any atom is 0.328 e. The van der Waals surface area contributed by atoms with Gasteiger partial charge in [0.25, 0.3) is 0 Å². The van der Waals surface area contributed by atoms with E-state index in [1.807, 2.05) is 6.07 Å². The molecule has 0 aliphatic carbocycles. The minimum atomic E-state index is -1.10. The van der Waals surface area contributed by atoms with Crippen LogP contribution < -0.4 is 4.74 Å². The smallest absolute Gasteiger partial charge is 0.328 e. The molecule has 0 saturated carbocycles. The van der Waals surface area contributed by atoms with Crippen LogP contribution in [0.5, 0.6) is 5.75 Å². The molecular weight excluding hydrogens is 222 g/mol. The molecule has 1 aromatic rings. The highest BCUT2D eigenvalue weighted by atomic mass is 16.5. The molecule has 0 saturated heterocycles. The van der Waals surface area contributed by atoms with Gasteiger partial charge in [0.05, 0.1) is 18.2 Å². The molecule has 5 heteroatoms. The summed E-state index contributed by atoms with van der Waals surface area (Å²) < 4.78 is 4.94. The molecule has 0 atom stereocenters. The zero-order valence-corrected chi connectivity index (χ0v) is 9.01. The molecule has 0 radical (unpaired) electrons. The number of nitrogens with zero attached hydrogens (tertiary/aromatic N) is 1. The van der Waals surface area contributed by atoms with Crippen LogP contribution in [0.2, 0.25) is 0 Å². The Labute approximate surface area is 97.6 Å². The molecule has 1 rings (SSSR count). The number of ether oxygens (including phenoxy) is 1. The third-order valence-electron chi connectivity index (χ3n) is 2.01. The molecule has 0 bridgehead atoms. The third kappa shape index (κ3) is 2.92. The van der Waals surface area contributed by atoms with Gasteiger partial charge in [-0.05, 0) is 23.8 Å². The Hall–Kier alpha value is -2.61. The van der Waals surface area contributed by atoms with Crippen LogP contribution in [-0.4, -0.2) is 24.5 Å². The maximum absolute atomic E-state index is 10.8. The Kier molecular flexibility index (Phi) is 4.01. The van der Waals surface area contributed by atoms with Gasteiger partial charge in [0, 0.05) is 6.08 Å². The number of nitriles is 1. The summed E-state index contributed by atoms with van der Waals surface area (Å²) in [5.41, 5.74) is 0.838. The van der Waals surface area contributed by atoms with Crippen molar-refractivity contribution in [3.8, 4) is 11.8 Å². The fourth-order valence-electron chi connectivity index (χ4n) is 1.34. The molecule has 0 aromatic heterocycles. The van der Waals surface area contributed by atoms with Crippen LogP contribution in [0.25, 0.3) is 6.08 Å². The number of carbonyl (C=O) groups is 2. The number of hydrogen-bond acceptors (Lipinski definition) is 4. The lowest BCUT2D eigenvalue weighted by molar-refractivity contribution is -0.131. The second-order valence-corrected chi connectivity index (χ2v) is 3.09. The number of carboxylic acids is 1. The van der Waals surface area contributed by atoms with Crippen molar-refractivity contribution in [2.75, 3.05) is 7.11 Å². The maximum atomic E-state index is 10.8. The summed E-state index contributed by atoms with van der Waals surface area (Å²) in [5.74, 6) is -0.915. The molecule has 0 spiro atoms. The molecule has 0 aliphatic heterocycles. The monoisotopic (exact) mass is 231 g/mol. The van der Waals surface area contributed by atoms with Crippen molar-refractivity contribution in [2.24, 2.45) is 0 Å². The number of aldehydes is 1. The lowest BCUT2D eigenvalue weighted by atomic mass is 10.0. The van der Waals surface area contributed by atoms with Crippen LogP contribution in [-0.2, 0) is 4.79 Å². The minimum Gasteiger partial charge on any atom is -0.495 e. The van der Waals surface area contributed by atoms with Crippen molar-refractivity contribution in [1.29, 1.82) is 5.26 Å². The van der Waals surface area contributed by atoms with Crippen molar-refractivity contribution >= 4 is 18.3 Å². The van der Waals surface area contributed by atoms with E-state index in [-0.39, 0.29) is 16.9 Å². The first-order valence-corrected chi connectivity index (χ1v) is 4.60. The van der Waals surface area contributed by atoms with Gasteiger partial charge in [0.1, 0.15) is 11.8 Å². The minimum absolute atomic E-state index is 0.183. The second kappa shape index (κ2) is 5.47. The average Bonchev–Trinajstić information content (AvgIpc) is 2.34. The fraction of sp³-hybridized carbons (Fsp3) is 0.0833. The highest BCUT2D eigenvalue weighted by Crippen LogP contribution is 2.24. The van der Waals surface area contributed by atoms with E-state index >= 15 is 0 Å². The first-order chi connectivity index (χ1) is 8.12. The SMILES string of the molecule is COc1c(C#N)cc(/C=C/C(=O)O)cc1C=O. The van der Waals surface area contributed by atoms with E-state index in [0.717, 1.165) is 6.08 Å². The van der Waals surface area contributed by atoms with Crippen LogP contribution in [0, 0.1) is 11.3 Å². The molecule has 86 valence electrons. The predicted octanol–water partition coefficient (Wildman–Crippen LogP) is 1.48. The van der Waals surface area contributed by atoms with Gasteiger partial charge < -0.3 is 9.84 Å². The van der Waals surface area contributed by atoms with Crippen LogP contribution in [0.1, 0.15) is 21.5 Å². The van der Waals surface area contributed by atoms with Crippen LogP contribution in [0.15, 0.2) is 18.2 Å². The van der Waals surface area contributed by atoms with Crippen molar-refractivity contribution < 1.29 is 19.4 Å². The number of aliphatic carboxylic acids is 1. The lowest BCUT2D eigenvalue weighted by Gasteiger charge is -2.06. The predicted molar refractivity (Wildman–Crippen MR) is 59.8 cm³/mol. The average molecular weight is 231 g/mol. The Balaban J connectivity index is 3.33. The summed E-state index contributed by atoms with van der Waals surface area (Å²) in [6.07, 6.45) is 2.78. The highest BCUT2D eigenvalue weighted by molar-refractivity contribution is 5.87. The Morgan fingerprint density at radius 3 is 2.71 bits per heavy atom. The number of benzene rings is 1. The van der Waals surface area contributed by atoms with Crippen molar-refractivity contribution in [2.45, 2.75) is 0 Å². The fourth-order valence-corrected chi connectivity index (χ4v) is 1.34. The van der Waals surface area contributed by atoms with Gasteiger partial charge >= 0.3 is 5.97 Å². The van der Waals surface area contributed by atoms with E-state index in [2.05, 4.69) is 0 Å². The van der Waals surface area contributed by atoms with Crippen molar-refractivity contribution in [3.63, 3.8) is 0 Å². The summed E-state index contributed by atoms with van der Waals surface area (Å²) in [5, 5.41) is 17.4. The zero-order chi connectivity index (χ0) is 12.8. The number of hydrogen-bond donors (Lipinski definition) is 1. The molecule has 1 aromatic carbocycles. The van der Waals surface area contributed by atoms with Crippen LogP contribution in [0.4, 0.5) is 0 Å². The number of carboxylic acid groups (broad SMARTS) is 1. The number of methoxy groups -OCH3 is 1.